The van der Waals surface area contributed by atoms with Crippen LogP contribution in [0.15, 0.2) is 24.3 Å². The van der Waals surface area contributed by atoms with Crippen molar-refractivity contribution in [1.82, 2.24) is 0 Å². The summed E-state index contributed by atoms with van der Waals surface area (Å²) in [4.78, 5) is 41.0. The third-order valence-corrected chi connectivity index (χ3v) is 11.5. The summed E-state index contributed by atoms with van der Waals surface area (Å²) >= 11 is 0. The number of aliphatic hydroxyl groups is 3. The molecule has 0 saturated heterocycles. The lowest BCUT2D eigenvalue weighted by Crippen LogP contribution is -2.79. The van der Waals surface area contributed by atoms with Gasteiger partial charge in [0, 0.05) is 12.0 Å². The van der Waals surface area contributed by atoms with Crippen LogP contribution in [0.4, 0.5) is 11.4 Å². The number of ether oxygens (including phenoxy) is 1. The van der Waals surface area contributed by atoms with Crippen molar-refractivity contribution in [3.05, 3.63) is 46.5 Å². The van der Waals surface area contributed by atoms with E-state index in [0.29, 0.717) is 24.5 Å². The van der Waals surface area contributed by atoms with Gasteiger partial charge in [-0.05, 0) is 70.9 Å². The highest BCUT2D eigenvalue weighted by atomic mass is 16.5. The topological polar surface area (TPSA) is 191 Å². The van der Waals surface area contributed by atoms with Crippen LogP contribution in [0.2, 0.25) is 0 Å². The number of phenols is 1. The number of rotatable bonds is 6. The largest absolute Gasteiger partial charge is 0.505 e. The molecule has 0 radical (unpaired) electrons. The Balaban J connectivity index is 1.45. The molecule has 3 aliphatic carbocycles. The standard InChI is InChI=1S/C35H45N3O8/c1-15(2)18-10-21(37-12-17-7-8-22-20(9-17)38-14-46-22)27(39)23-19(18)11-33(5)13-34(6)25(16(3)4)29(41)24(32(36)44)30(42)35(34,45)31(43)26(33)28(23)40/h7-10,15-16,24-26,29,31,37-39,41,43,45H,11-14H2,1-6H3,(H2,36,44)/t24-,25+,26-,29?,31?,33-,34-,35+/m1/s1. The van der Waals surface area contributed by atoms with Gasteiger partial charge >= 0.3 is 0 Å². The van der Waals surface area contributed by atoms with E-state index in [9.17, 15) is 34.8 Å². The molecule has 11 heteroatoms. The first-order valence-electron chi connectivity index (χ1n) is 16.1. The molecule has 11 nitrogen and oxygen atoms in total. The second-order valence-electron chi connectivity index (χ2n) is 15.0. The summed E-state index contributed by atoms with van der Waals surface area (Å²) in [6.07, 6.45) is -2.99. The van der Waals surface area contributed by atoms with Gasteiger partial charge < -0.3 is 41.5 Å². The van der Waals surface area contributed by atoms with E-state index in [1.807, 2.05) is 58.9 Å². The number of benzene rings is 2. The quantitative estimate of drug-likeness (QED) is 0.183. The molecule has 8 atom stereocenters. The van der Waals surface area contributed by atoms with Crippen molar-refractivity contribution in [2.45, 2.75) is 84.7 Å². The molecule has 0 spiro atoms. The van der Waals surface area contributed by atoms with Gasteiger partial charge in [-0.2, -0.15) is 0 Å². The molecule has 0 aromatic heterocycles. The van der Waals surface area contributed by atoms with E-state index in [1.165, 1.54) is 0 Å². The fourth-order valence-corrected chi connectivity index (χ4v) is 9.62. The second kappa shape index (κ2) is 10.7. The van der Waals surface area contributed by atoms with E-state index in [0.717, 1.165) is 22.6 Å². The smallest absolute Gasteiger partial charge is 0.230 e. The van der Waals surface area contributed by atoms with Crippen LogP contribution >= 0.6 is 0 Å². The predicted molar refractivity (Wildman–Crippen MR) is 170 cm³/mol. The third kappa shape index (κ3) is 4.31. The van der Waals surface area contributed by atoms with Crippen molar-refractivity contribution < 1.29 is 39.5 Å². The van der Waals surface area contributed by atoms with E-state index >= 15 is 0 Å². The first-order chi connectivity index (χ1) is 21.5. The number of Topliss-reactive ketones (excluding diaryl/α,β-unsaturated/α-hetero) is 2. The Bertz CT molecular complexity index is 1640. The van der Waals surface area contributed by atoms with Gasteiger partial charge in [0.2, 0.25) is 5.91 Å². The van der Waals surface area contributed by atoms with Gasteiger partial charge in [-0.15, -0.1) is 0 Å². The van der Waals surface area contributed by atoms with Crippen molar-refractivity contribution in [2.24, 2.45) is 40.2 Å². The Morgan fingerprint density at radius 3 is 2.48 bits per heavy atom. The first kappa shape index (κ1) is 32.3. The molecule has 6 rings (SSSR count). The molecule has 46 heavy (non-hydrogen) atoms. The van der Waals surface area contributed by atoms with Crippen molar-refractivity contribution in [1.29, 1.82) is 0 Å². The lowest BCUT2D eigenvalue weighted by atomic mass is 9.39. The van der Waals surface area contributed by atoms with Crippen LogP contribution in [0.1, 0.15) is 80.9 Å². The summed E-state index contributed by atoms with van der Waals surface area (Å²) in [5, 5.41) is 53.9. The van der Waals surface area contributed by atoms with Crippen LogP contribution in [0.5, 0.6) is 11.5 Å². The number of carbonyl (C=O) groups excluding carboxylic acids is 3. The molecule has 2 fully saturated rings. The van der Waals surface area contributed by atoms with Gasteiger partial charge in [-0.25, -0.2) is 0 Å². The monoisotopic (exact) mass is 635 g/mol. The highest BCUT2D eigenvalue weighted by molar-refractivity contribution is 6.09. The molecular weight excluding hydrogens is 590 g/mol. The maximum Gasteiger partial charge on any atom is 0.230 e. The lowest BCUT2D eigenvalue weighted by molar-refractivity contribution is -0.265. The molecule has 1 amide bonds. The fraction of sp³-hybridized carbons (Fsp3) is 0.571. The molecule has 8 N–H and O–H groups in total. The summed E-state index contributed by atoms with van der Waals surface area (Å²) < 4.78 is 5.50. The van der Waals surface area contributed by atoms with E-state index in [2.05, 4.69) is 10.6 Å². The number of aromatic hydroxyl groups is 1. The fourth-order valence-electron chi connectivity index (χ4n) is 9.62. The molecule has 1 aliphatic heterocycles. The SMILES string of the molecule is CC(C)c1cc(NCc2ccc3c(c2)NCO3)c(O)c2c1C[C@]1(C)C[C@]3(C)[C@@H](C(C)C)C(O)[C@@H](C(N)=O)C(=O)[C@]3(O)C(O)[C@H]1C2=O. The molecule has 0 bridgehead atoms. The van der Waals surface area contributed by atoms with Crippen LogP contribution in [0.25, 0.3) is 0 Å². The van der Waals surface area contributed by atoms with Crippen LogP contribution in [0, 0.1) is 34.5 Å². The number of nitrogens with two attached hydrogens (primary N) is 1. The first-order valence-corrected chi connectivity index (χ1v) is 16.1. The molecule has 2 aromatic carbocycles. The van der Waals surface area contributed by atoms with Gasteiger partial charge in [0.25, 0.3) is 0 Å². The van der Waals surface area contributed by atoms with Crippen molar-refractivity contribution in [3.63, 3.8) is 0 Å². The molecule has 4 aliphatic rings. The molecule has 2 unspecified atom stereocenters. The number of phenolic OH excluding ortho intramolecular Hbond substituents is 1. The number of fused-ring (bicyclic) bond motifs is 4. The van der Waals surface area contributed by atoms with Crippen molar-refractivity contribution in [2.75, 3.05) is 17.4 Å². The number of carbonyl (C=O) groups is 3. The maximum atomic E-state index is 14.6. The highest BCUT2D eigenvalue weighted by Gasteiger charge is 2.76. The number of primary amides is 1. The minimum absolute atomic E-state index is 0.0250. The van der Waals surface area contributed by atoms with Crippen LogP contribution in [0.3, 0.4) is 0 Å². The maximum absolute atomic E-state index is 14.6. The Kier molecular flexibility index (Phi) is 7.50. The number of hydrogen-bond acceptors (Lipinski definition) is 10. The third-order valence-electron chi connectivity index (χ3n) is 11.5. The number of hydrogen-bond donors (Lipinski definition) is 7. The average Bonchev–Trinajstić information content (AvgIpc) is 3.42. The summed E-state index contributed by atoms with van der Waals surface area (Å²) in [5.74, 6) is -6.39. The number of aliphatic hydroxyl groups excluding tert-OH is 2. The van der Waals surface area contributed by atoms with Crippen LogP contribution in [-0.4, -0.2) is 62.4 Å². The van der Waals surface area contributed by atoms with Gasteiger partial charge in [-0.3, -0.25) is 14.4 Å². The Hall–Kier alpha value is -3.67. The molecular formula is C35H45N3O8. The van der Waals surface area contributed by atoms with Gasteiger partial charge in [0.05, 0.1) is 29.0 Å². The van der Waals surface area contributed by atoms with Gasteiger partial charge in [0.1, 0.15) is 23.5 Å². The normalized spacial score (nSPS) is 34.7. The van der Waals surface area contributed by atoms with Crippen molar-refractivity contribution >= 4 is 28.8 Å². The number of nitrogens with one attached hydrogen (secondary N) is 2. The molecule has 2 saturated carbocycles. The number of anilines is 2. The Labute approximate surface area is 268 Å². The van der Waals surface area contributed by atoms with Crippen LogP contribution < -0.4 is 21.1 Å². The number of ketones is 2. The summed E-state index contributed by atoms with van der Waals surface area (Å²) in [6.45, 7) is 11.9. The van der Waals surface area contributed by atoms with Gasteiger partial charge in [0.15, 0.2) is 23.9 Å². The molecule has 2 aromatic rings. The Morgan fingerprint density at radius 2 is 1.85 bits per heavy atom. The second-order valence-corrected chi connectivity index (χ2v) is 15.0. The van der Waals surface area contributed by atoms with E-state index < -0.39 is 63.9 Å². The predicted octanol–water partition coefficient (Wildman–Crippen LogP) is 3.07. The minimum atomic E-state index is -2.55. The highest BCUT2D eigenvalue weighted by Crippen LogP contribution is 2.66. The van der Waals surface area contributed by atoms with Crippen molar-refractivity contribution in [3.8, 4) is 11.5 Å². The lowest BCUT2D eigenvalue weighted by Gasteiger charge is -2.66. The van der Waals surface area contributed by atoms with E-state index in [-0.39, 0.29) is 36.0 Å². The minimum Gasteiger partial charge on any atom is -0.505 e. The zero-order valence-electron chi connectivity index (χ0n) is 27.2. The van der Waals surface area contributed by atoms with E-state index in [1.54, 1.807) is 6.92 Å². The van der Waals surface area contributed by atoms with Crippen LogP contribution in [-0.2, 0) is 22.6 Å². The molecule has 248 valence electrons. The summed E-state index contributed by atoms with van der Waals surface area (Å²) in [6, 6.07) is 7.59. The summed E-state index contributed by atoms with van der Waals surface area (Å²) in [7, 11) is 0. The van der Waals surface area contributed by atoms with E-state index in [4.69, 9.17) is 10.5 Å². The van der Waals surface area contributed by atoms with Gasteiger partial charge in [-0.1, -0.05) is 47.6 Å². The molecule has 1 heterocycles. The average molecular weight is 636 g/mol. The summed E-state index contributed by atoms with van der Waals surface area (Å²) in [5.41, 5.74) is 4.40. The zero-order chi connectivity index (χ0) is 33.7. The Morgan fingerprint density at radius 1 is 1.15 bits per heavy atom. The zero-order valence-corrected chi connectivity index (χ0v) is 27.2. The number of amides is 1.